The van der Waals surface area contributed by atoms with Crippen molar-refractivity contribution in [1.29, 1.82) is 0 Å². The van der Waals surface area contributed by atoms with Gasteiger partial charge in [0.25, 0.3) is 0 Å². The first kappa shape index (κ1) is 14.3. The van der Waals surface area contributed by atoms with Crippen molar-refractivity contribution in [3.8, 4) is 0 Å². The Labute approximate surface area is 124 Å². The van der Waals surface area contributed by atoms with E-state index in [0.29, 0.717) is 0 Å². The van der Waals surface area contributed by atoms with Crippen molar-refractivity contribution in [1.82, 2.24) is 5.32 Å². The van der Waals surface area contributed by atoms with Crippen LogP contribution in [0.2, 0.25) is 0 Å². The minimum atomic E-state index is 0. The van der Waals surface area contributed by atoms with Gasteiger partial charge < -0.3 is 12.2 Å². The van der Waals surface area contributed by atoms with E-state index >= 15 is 0 Å². The Morgan fingerprint density at radius 3 is 2.19 bits per heavy atom. The van der Waals surface area contributed by atoms with Gasteiger partial charge in [-0.1, -0.05) is 11.6 Å². The second-order valence-electron chi connectivity index (χ2n) is 4.65. The van der Waals surface area contributed by atoms with Crippen LogP contribution in [0.4, 0.5) is 0 Å². The number of benzene rings is 1. The van der Waals surface area contributed by atoms with Gasteiger partial charge in [0.2, 0.25) is 0 Å². The summed E-state index contributed by atoms with van der Waals surface area (Å²) in [6.45, 7) is 14.2. The summed E-state index contributed by atoms with van der Waals surface area (Å²) in [4.78, 5) is 0. The molecule has 0 bridgehead atoms. The molecule has 2 rings (SSSR count). The molecule has 2 heteroatoms. The van der Waals surface area contributed by atoms with E-state index in [1.54, 1.807) is 0 Å². The van der Waals surface area contributed by atoms with Crippen LogP contribution in [0.25, 0.3) is 0 Å². The van der Waals surface area contributed by atoms with Gasteiger partial charge in [0.15, 0.2) is 0 Å². The molecule has 1 aliphatic rings. The molecular weight excluding hydrogens is 271 g/mol. The fourth-order valence-electron chi connectivity index (χ4n) is 2.69. The van der Waals surface area contributed by atoms with Crippen LogP contribution in [0.5, 0.6) is 0 Å². The molecule has 1 N–H and O–H groups in total. The molecular formula is C14H20NY-. The molecule has 0 fully saturated rings. The van der Waals surface area contributed by atoms with Crippen LogP contribution in [0, 0.1) is 34.6 Å². The Morgan fingerprint density at radius 1 is 1.00 bits per heavy atom. The Balaban J connectivity index is 0.00000128. The molecule has 0 saturated heterocycles. The fourth-order valence-corrected chi connectivity index (χ4v) is 2.69. The van der Waals surface area contributed by atoms with E-state index in [-0.39, 0.29) is 38.8 Å². The standard InChI is InChI=1S/C14H20N.Y/c1-8-9(2)11(4)14-12(5)15-7-6-13(14)10(8)3;/h12,15H,5-7H2,1-4H3;/q-1;. The van der Waals surface area contributed by atoms with Gasteiger partial charge in [-0.15, -0.1) is 0 Å². The average Bonchev–Trinajstić information content (AvgIpc) is 2.23. The molecule has 85 valence electrons. The van der Waals surface area contributed by atoms with Gasteiger partial charge in [0, 0.05) is 32.7 Å². The van der Waals surface area contributed by atoms with Crippen LogP contribution in [0.15, 0.2) is 0 Å². The monoisotopic (exact) mass is 291 g/mol. The molecule has 1 unspecified atom stereocenters. The van der Waals surface area contributed by atoms with E-state index in [2.05, 4.69) is 39.9 Å². The van der Waals surface area contributed by atoms with E-state index in [0.717, 1.165) is 13.0 Å². The molecule has 1 radical (unpaired) electrons. The summed E-state index contributed by atoms with van der Waals surface area (Å²) in [6.07, 6.45) is 1.15. The SMILES string of the molecule is [CH2-]C1NCCc2c(C)c(C)c(C)c(C)c21.[Y]. The van der Waals surface area contributed by atoms with Crippen LogP contribution < -0.4 is 5.32 Å². The molecule has 0 spiro atoms. The summed E-state index contributed by atoms with van der Waals surface area (Å²) in [6, 6.07) is 0.270. The van der Waals surface area contributed by atoms with E-state index < -0.39 is 0 Å². The number of fused-ring (bicyclic) bond motifs is 1. The zero-order chi connectivity index (χ0) is 11.2. The van der Waals surface area contributed by atoms with E-state index in [9.17, 15) is 0 Å². The average molecular weight is 291 g/mol. The summed E-state index contributed by atoms with van der Waals surface area (Å²) in [5, 5.41) is 3.44. The zero-order valence-corrected chi connectivity index (χ0v) is 13.6. The Hall–Kier alpha value is 0.284. The van der Waals surface area contributed by atoms with E-state index in [4.69, 9.17) is 0 Å². The first-order valence-electron chi connectivity index (χ1n) is 5.69. The van der Waals surface area contributed by atoms with Gasteiger partial charge in [-0.25, -0.2) is 0 Å². The van der Waals surface area contributed by atoms with Crippen LogP contribution in [-0.2, 0) is 39.1 Å². The smallest absolute Gasteiger partial charge is 0 e. The van der Waals surface area contributed by atoms with Gasteiger partial charge in [-0.05, 0) is 68.5 Å². The van der Waals surface area contributed by atoms with Crippen LogP contribution in [0.3, 0.4) is 0 Å². The molecule has 1 aliphatic heterocycles. The van der Waals surface area contributed by atoms with Crippen LogP contribution in [0.1, 0.15) is 39.4 Å². The van der Waals surface area contributed by atoms with Crippen molar-refractivity contribution in [3.05, 3.63) is 40.3 Å². The first-order valence-corrected chi connectivity index (χ1v) is 5.69. The Kier molecular flexibility index (Phi) is 4.74. The predicted octanol–water partition coefficient (Wildman–Crippen LogP) is 2.94. The molecule has 0 aliphatic carbocycles. The van der Waals surface area contributed by atoms with Crippen molar-refractivity contribution in [2.24, 2.45) is 0 Å². The van der Waals surface area contributed by atoms with Crippen LogP contribution >= 0.6 is 0 Å². The van der Waals surface area contributed by atoms with Crippen molar-refractivity contribution in [2.75, 3.05) is 6.54 Å². The van der Waals surface area contributed by atoms with Gasteiger partial charge in [-0.3, -0.25) is 0 Å². The largest absolute Gasteiger partial charge is 0.339 e. The second-order valence-corrected chi connectivity index (χ2v) is 4.65. The second kappa shape index (κ2) is 5.29. The third-order valence-electron chi connectivity index (χ3n) is 3.98. The molecule has 1 aromatic carbocycles. The molecule has 1 atom stereocenters. The predicted molar refractivity (Wildman–Crippen MR) is 65.2 cm³/mol. The number of nitrogens with one attached hydrogen (secondary N) is 1. The van der Waals surface area contributed by atoms with Crippen molar-refractivity contribution in [2.45, 2.75) is 40.2 Å². The molecule has 1 nitrogen and oxygen atoms in total. The minimum absolute atomic E-state index is 0. The fraction of sp³-hybridized carbons (Fsp3) is 0.500. The summed E-state index contributed by atoms with van der Waals surface area (Å²) in [5.41, 5.74) is 8.78. The molecule has 0 aromatic heterocycles. The maximum atomic E-state index is 4.20. The Bertz CT molecular complexity index is 410. The summed E-state index contributed by atoms with van der Waals surface area (Å²) < 4.78 is 0. The molecule has 1 aromatic rings. The number of hydrogen-bond acceptors (Lipinski definition) is 1. The van der Waals surface area contributed by atoms with Gasteiger partial charge in [-0.2, -0.15) is 0 Å². The molecule has 16 heavy (non-hydrogen) atoms. The molecule has 0 saturated carbocycles. The zero-order valence-electron chi connectivity index (χ0n) is 10.8. The quantitative estimate of drug-likeness (QED) is 0.725. The summed E-state index contributed by atoms with van der Waals surface area (Å²) in [5.74, 6) is 0. The van der Waals surface area contributed by atoms with E-state index in [1.807, 2.05) is 0 Å². The van der Waals surface area contributed by atoms with Crippen molar-refractivity contribution < 1.29 is 32.7 Å². The number of rotatable bonds is 0. The van der Waals surface area contributed by atoms with Gasteiger partial charge >= 0.3 is 0 Å². The third kappa shape index (κ3) is 2.14. The normalized spacial score (nSPS) is 18.9. The topological polar surface area (TPSA) is 12.0 Å². The summed E-state index contributed by atoms with van der Waals surface area (Å²) in [7, 11) is 0. The Morgan fingerprint density at radius 2 is 1.56 bits per heavy atom. The number of hydrogen-bond donors (Lipinski definition) is 1. The van der Waals surface area contributed by atoms with Gasteiger partial charge in [0.05, 0.1) is 0 Å². The molecule has 0 amide bonds. The van der Waals surface area contributed by atoms with Crippen molar-refractivity contribution >= 4 is 0 Å². The maximum absolute atomic E-state index is 4.20. The third-order valence-corrected chi connectivity index (χ3v) is 3.98. The van der Waals surface area contributed by atoms with Gasteiger partial charge in [0.1, 0.15) is 0 Å². The molecule has 1 heterocycles. The summed E-state index contributed by atoms with van der Waals surface area (Å²) >= 11 is 0. The minimum Gasteiger partial charge on any atom is -0.339 e. The van der Waals surface area contributed by atoms with Crippen molar-refractivity contribution in [3.63, 3.8) is 0 Å². The first-order chi connectivity index (χ1) is 7.04. The van der Waals surface area contributed by atoms with Crippen LogP contribution in [-0.4, -0.2) is 6.54 Å². The maximum Gasteiger partial charge on any atom is 0 e. The van der Waals surface area contributed by atoms with E-state index in [1.165, 1.54) is 33.4 Å².